The zero-order valence-electron chi connectivity index (χ0n) is 13.0. The summed E-state index contributed by atoms with van der Waals surface area (Å²) in [5, 5.41) is 5.97. The van der Waals surface area contributed by atoms with Gasteiger partial charge in [-0.1, -0.05) is 17.7 Å². The fourth-order valence-electron chi connectivity index (χ4n) is 2.49. The number of rotatable bonds is 3. The van der Waals surface area contributed by atoms with Crippen LogP contribution < -0.4 is 20.3 Å². The molecule has 6 nitrogen and oxygen atoms in total. The molecule has 0 saturated carbocycles. The van der Waals surface area contributed by atoms with Gasteiger partial charge in [0.2, 0.25) is 0 Å². The topological polar surface area (TPSA) is 70.7 Å². The van der Waals surface area contributed by atoms with E-state index in [1.54, 1.807) is 47.4 Å². The molecule has 0 aliphatic carbocycles. The molecule has 1 aliphatic rings. The maximum absolute atomic E-state index is 12.1. The molecule has 2 N–H and O–H groups in total. The molecule has 0 atom stereocenters. The van der Waals surface area contributed by atoms with Gasteiger partial charge in [0.1, 0.15) is 5.75 Å². The summed E-state index contributed by atoms with van der Waals surface area (Å²) in [4.78, 5) is 25.5. The van der Waals surface area contributed by atoms with E-state index in [0.717, 1.165) is 0 Å². The maximum Gasteiger partial charge on any atom is 0.323 e. The van der Waals surface area contributed by atoms with E-state index in [9.17, 15) is 9.59 Å². The highest BCUT2D eigenvalue weighted by Crippen LogP contribution is 2.34. The number of urea groups is 1. The van der Waals surface area contributed by atoms with Crippen LogP contribution in [0.15, 0.2) is 42.5 Å². The van der Waals surface area contributed by atoms with Gasteiger partial charge >= 0.3 is 6.03 Å². The number of halogens is 1. The molecule has 0 spiro atoms. The van der Waals surface area contributed by atoms with Gasteiger partial charge in [-0.15, -0.1) is 0 Å². The molecule has 2 aromatic rings. The number of amides is 3. The summed E-state index contributed by atoms with van der Waals surface area (Å²) in [7, 11) is 0. The molecular weight excluding hydrogens is 330 g/mol. The second kappa shape index (κ2) is 6.80. The Kier molecular flexibility index (Phi) is 4.57. The average molecular weight is 346 g/mol. The number of ether oxygens (including phenoxy) is 1. The maximum atomic E-state index is 12.1. The minimum absolute atomic E-state index is 0.000988. The average Bonchev–Trinajstić information content (AvgIpc) is 2.55. The van der Waals surface area contributed by atoms with Crippen molar-refractivity contribution in [1.29, 1.82) is 0 Å². The highest BCUT2D eigenvalue weighted by atomic mass is 35.5. The van der Waals surface area contributed by atoms with E-state index in [1.807, 2.05) is 6.92 Å². The quantitative estimate of drug-likeness (QED) is 0.890. The Labute approximate surface area is 144 Å². The molecule has 0 unspecified atom stereocenters. The molecule has 3 rings (SSSR count). The Bertz CT molecular complexity index is 794. The van der Waals surface area contributed by atoms with Crippen molar-refractivity contribution in [3.8, 4) is 5.75 Å². The first-order chi connectivity index (χ1) is 11.6. The number of nitrogens with zero attached hydrogens (tertiary/aromatic N) is 1. The van der Waals surface area contributed by atoms with Crippen molar-refractivity contribution in [3.63, 3.8) is 0 Å². The Hall–Kier alpha value is -2.73. The summed E-state index contributed by atoms with van der Waals surface area (Å²) in [5.74, 6) is 0.487. The molecular formula is C17H16ClN3O3. The molecule has 2 aromatic carbocycles. The molecule has 24 heavy (non-hydrogen) atoms. The number of hydrogen-bond donors (Lipinski definition) is 2. The third-order valence-electron chi connectivity index (χ3n) is 3.56. The predicted molar refractivity (Wildman–Crippen MR) is 94.1 cm³/mol. The molecule has 3 amide bonds. The van der Waals surface area contributed by atoms with Gasteiger partial charge in [0.25, 0.3) is 5.91 Å². The lowest BCUT2D eigenvalue weighted by molar-refractivity contribution is -0.121. The number of carbonyl (C=O) groups excluding carboxylic acids is 2. The monoisotopic (exact) mass is 345 g/mol. The fraction of sp³-hybridized carbons (Fsp3) is 0.176. The lowest BCUT2D eigenvalue weighted by atomic mass is 10.2. The number of likely N-dealkylation sites (N-methyl/N-ethyl adjacent to an activating group) is 1. The Balaban J connectivity index is 1.72. The van der Waals surface area contributed by atoms with Crippen LogP contribution in [0.1, 0.15) is 6.92 Å². The van der Waals surface area contributed by atoms with Crippen LogP contribution in [0, 0.1) is 0 Å². The van der Waals surface area contributed by atoms with Gasteiger partial charge in [-0.25, -0.2) is 4.79 Å². The number of carbonyl (C=O) groups is 2. The van der Waals surface area contributed by atoms with Crippen molar-refractivity contribution in [1.82, 2.24) is 0 Å². The van der Waals surface area contributed by atoms with E-state index < -0.39 is 6.03 Å². The third kappa shape index (κ3) is 3.44. The minimum atomic E-state index is -0.392. The molecule has 1 heterocycles. The normalized spacial score (nSPS) is 13.1. The number of nitrogens with one attached hydrogen (secondary N) is 2. The van der Waals surface area contributed by atoms with Crippen molar-refractivity contribution in [2.24, 2.45) is 0 Å². The number of anilines is 3. The SMILES string of the molecule is CCN1C(=O)COc2cc(NC(=O)Nc3cccc(Cl)c3)ccc21. The fourth-order valence-corrected chi connectivity index (χ4v) is 2.68. The largest absolute Gasteiger partial charge is 0.481 e. The van der Waals surface area contributed by atoms with Crippen LogP contribution in [0.3, 0.4) is 0 Å². The van der Waals surface area contributed by atoms with Gasteiger partial charge in [0, 0.05) is 29.0 Å². The van der Waals surface area contributed by atoms with Gasteiger partial charge in [0.05, 0.1) is 5.69 Å². The lowest BCUT2D eigenvalue weighted by Crippen LogP contribution is -2.38. The molecule has 124 valence electrons. The van der Waals surface area contributed by atoms with Crippen LogP contribution in [0.4, 0.5) is 21.9 Å². The number of benzene rings is 2. The van der Waals surface area contributed by atoms with Crippen molar-refractivity contribution >= 4 is 40.6 Å². The summed E-state index contributed by atoms with van der Waals surface area (Å²) >= 11 is 5.89. The summed E-state index contributed by atoms with van der Waals surface area (Å²) in [5.41, 5.74) is 1.87. The van der Waals surface area contributed by atoms with E-state index >= 15 is 0 Å². The molecule has 1 aliphatic heterocycles. The molecule has 0 bridgehead atoms. The first kappa shape index (κ1) is 16.1. The van der Waals surface area contributed by atoms with E-state index in [1.165, 1.54) is 0 Å². The Morgan fingerprint density at radius 3 is 2.67 bits per heavy atom. The Morgan fingerprint density at radius 2 is 1.96 bits per heavy atom. The van der Waals surface area contributed by atoms with Crippen molar-refractivity contribution in [2.45, 2.75) is 6.92 Å². The standard InChI is InChI=1S/C17H16ClN3O3/c1-2-21-14-7-6-13(9-15(14)24-10-16(21)22)20-17(23)19-12-5-3-4-11(18)8-12/h3-9H,2,10H2,1H3,(H2,19,20,23). The smallest absolute Gasteiger partial charge is 0.323 e. The van der Waals surface area contributed by atoms with Gasteiger partial charge in [0.15, 0.2) is 6.61 Å². The highest BCUT2D eigenvalue weighted by Gasteiger charge is 2.24. The predicted octanol–water partition coefficient (Wildman–Crippen LogP) is 3.73. The number of fused-ring (bicyclic) bond motifs is 1. The minimum Gasteiger partial charge on any atom is -0.481 e. The van der Waals surface area contributed by atoms with Crippen LogP contribution >= 0.6 is 11.6 Å². The second-order valence-corrected chi connectivity index (χ2v) is 5.64. The third-order valence-corrected chi connectivity index (χ3v) is 3.79. The first-order valence-corrected chi connectivity index (χ1v) is 7.85. The van der Waals surface area contributed by atoms with Gasteiger partial charge in [-0.05, 0) is 37.3 Å². The molecule has 0 aromatic heterocycles. The van der Waals surface area contributed by atoms with Crippen LogP contribution in [0.25, 0.3) is 0 Å². The van der Waals surface area contributed by atoms with Gasteiger partial charge < -0.3 is 20.3 Å². The van der Waals surface area contributed by atoms with E-state index in [4.69, 9.17) is 16.3 Å². The van der Waals surface area contributed by atoms with E-state index in [-0.39, 0.29) is 12.5 Å². The Morgan fingerprint density at radius 1 is 1.21 bits per heavy atom. The van der Waals surface area contributed by atoms with Crippen LogP contribution in [-0.2, 0) is 4.79 Å². The highest BCUT2D eigenvalue weighted by molar-refractivity contribution is 6.30. The second-order valence-electron chi connectivity index (χ2n) is 5.20. The summed E-state index contributed by atoms with van der Waals surface area (Å²) < 4.78 is 5.44. The van der Waals surface area contributed by atoms with Crippen LogP contribution in [0.5, 0.6) is 5.75 Å². The summed E-state index contributed by atoms with van der Waals surface area (Å²) in [6, 6.07) is 11.7. The number of hydrogen-bond acceptors (Lipinski definition) is 3. The van der Waals surface area contributed by atoms with Crippen LogP contribution in [0.2, 0.25) is 5.02 Å². The molecule has 0 radical (unpaired) electrons. The lowest BCUT2D eigenvalue weighted by Gasteiger charge is -2.28. The van der Waals surface area contributed by atoms with E-state index in [0.29, 0.717) is 34.4 Å². The zero-order chi connectivity index (χ0) is 17.1. The van der Waals surface area contributed by atoms with E-state index in [2.05, 4.69) is 10.6 Å². The zero-order valence-corrected chi connectivity index (χ0v) is 13.8. The van der Waals surface area contributed by atoms with Crippen molar-refractivity contribution in [3.05, 3.63) is 47.5 Å². The molecule has 0 saturated heterocycles. The first-order valence-electron chi connectivity index (χ1n) is 7.47. The van der Waals surface area contributed by atoms with Gasteiger partial charge in [-0.3, -0.25) is 4.79 Å². The van der Waals surface area contributed by atoms with Gasteiger partial charge in [-0.2, -0.15) is 0 Å². The van der Waals surface area contributed by atoms with Crippen molar-refractivity contribution < 1.29 is 14.3 Å². The van der Waals surface area contributed by atoms with Crippen LogP contribution in [-0.4, -0.2) is 25.1 Å². The molecule has 7 heteroatoms. The molecule has 0 fully saturated rings. The van der Waals surface area contributed by atoms with Crippen molar-refractivity contribution in [2.75, 3.05) is 28.7 Å². The summed E-state index contributed by atoms with van der Waals surface area (Å²) in [6.45, 7) is 2.47. The summed E-state index contributed by atoms with van der Waals surface area (Å²) in [6.07, 6.45) is 0.